The third-order valence-electron chi connectivity index (χ3n) is 5.46. The van der Waals surface area contributed by atoms with E-state index in [0.29, 0.717) is 12.0 Å². The van der Waals surface area contributed by atoms with Crippen molar-refractivity contribution in [1.82, 2.24) is 0 Å². The Bertz CT molecular complexity index is 511. The van der Waals surface area contributed by atoms with Crippen LogP contribution in [-0.2, 0) is 6.18 Å². The fraction of sp³-hybridized carbons (Fsp3) is 0.647. The molecule has 3 rings (SSSR count). The van der Waals surface area contributed by atoms with Crippen LogP contribution < -0.4 is 0 Å². The van der Waals surface area contributed by atoms with E-state index in [1.807, 2.05) is 0 Å². The van der Waals surface area contributed by atoms with Gasteiger partial charge in [-0.05, 0) is 55.1 Å². The van der Waals surface area contributed by atoms with Gasteiger partial charge in [0.25, 0.3) is 0 Å². The molecule has 0 amide bonds. The van der Waals surface area contributed by atoms with Gasteiger partial charge in [0.1, 0.15) is 0 Å². The van der Waals surface area contributed by atoms with Crippen LogP contribution in [0, 0.1) is 5.41 Å². The minimum atomic E-state index is -4.29. The van der Waals surface area contributed by atoms with E-state index in [1.165, 1.54) is 12.1 Å². The quantitative estimate of drug-likeness (QED) is 0.782. The molecule has 1 spiro atoms. The van der Waals surface area contributed by atoms with Crippen LogP contribution in [-0.4, -0.2) is 11.2 Å². The van der Waals surface area contributed by atoms with Crippen LogP contribution in [0.4, 0.5) is 13.2 Å². The lowest BCUT2D eigenvalue weighted by molar-refractivity contribution is -0.138. The van der Waals surface area contributed by atoms with Crippen molar-refractivity contribution in [3.63, 3.8) is 0 Å². The molecule has 0 heterocycles. The first-order chi connectivity index (χ1) is 9.92. The lowest BCUT2D eigenvalue weighted by atomic mass is 9.70. The highest BCUT2D eigenvalue weighted by Gasteiger charge is 2.47. The fourth-order valence-corrected chi connectivity index (χ4v) is 4.35. The number of rotatable bonds is 1. The molecule has 3 atom stereocenters. The highest BCUT2D eigenvalue weighted by molar-refractivity contribution is 5.34. The minimum absolute atomic E-state index is 0.0735. The molecule has 1 N–H and O–H groups in total. The van der Waals surface area contributed by atoms with E-state index in [-0.39, 0.29) is 17.4 Å². The molecule has 0 aliphatic heterocycles. The van der Waals surface area contributed by atoms with Crippen molar-refractivity contribution in [2.24, 2.45) is 5.41 Å². The van der Waals surface area contributed by atoms with Crippen LogP contribution in [0.3, 0.4) is 0 Å². The molecule has 2 aliphatic rings. The van der Waals surface area contributed by atoms with Crippen molar-refractivity contribution < 1.29 is 18.3 Å². The summed E-state index contributed by atoms with van der Waals surface area (Å²) in [4.78, 5) is 0. The van der Waals surface area contributed by atoms with E-state index in [4.69, 9.17) is 0 Å². The maximum atomic E-state index is 13.2. The predicted molar refractivity (Wildman–Crippen MR) is 74.9 cm³/mol. The predicted octanol–water partition coefficient (Wildman–Crippen LogP) is 4.89. The number of aliphatic hydroxyl groups is 1. The molecular weight excluding hydrogens is 277 g/mol. The largest absolute Gasteiger partial charge is 0.416 e. The molecule has 0 aromatic heterocycles. The summed E-state index contributed by atoms with van der Waals surface area (Å²) in [5.74, 6) is -0.0735. The molecule has 3 unspecified atom stereocenters. The Morgan fingerprint density at radius 2 is 1.81 bits per heavy atom. The van der Waals surface area contributed by atoms with Gasteiger partial charge in [0.05, 0.1) is 11.7 Å². The average molecular weight is 298 g/mol. The summed E-state index contributed by atoms with van der Waals surface area (Å²) in [5.41, 5.74) is -0.223. The van der Waals surface area contributed by atoms with Crippen molar-refractivity contribution in [2.75, 3.05) is 0 Å². The van der Waals surface area contributed by atoms with Crippen molar-refractivity contribution in [2.45, 2.75) is 63.1 Å². The first kappa shape index (κ1) is 14.9. The number of benzene rings is 1. The van der Waals surface area contributed by atoms with Crippen LogP contribution >= 0.6 is 0 Å². The molecule has 2 fully saturated rings. The van der Waals surface area contributed by atoms with Gasteiger partial charge in [0, 0.05) is 0 Å². The van der Waals surface area contributed by atoms with E-state index < -0.39 is 11.7 Å². The summed E-state index contributed by atoms with van der Waals surface area (Å²) in [6, 6.07) is 5.93. The molecular formula is C17H21F3O. The standard InChI is InChI=1S/C17H21F3O/c18-17(19,20)14-6-2-1-5-13(14)12-8-10-16(11-12)9-4-3-7-15(16)21/h1-2,5-6,12,15,21H,3-4,7-11H2. The molecule has 21 heavy (non-hydrogen) atoms. The van der Waals surface area contributed by atoms with Crippen LogP contribution in [0.15, 0.2) is 24.3 Å². The van der Waals surface area contributed by atoms with Gasteiger partial charge >= 0.3 is 6.18 Å². The van der Waals surface area contributed by atoms with Gasteiger partial charge in [0.2, 0.25) is 0 Å². The topological polar surface area (TPSA) is 20.2 Å². The average Bonchev–Trinajstić information content (AvgIpc) is 2.87. The SMILES string of the molecule is OC1CCCCC12CCC(c1ccccc1C(F)(F)F)C2. The van der Waals surface area contributed by atoms with Crippen molar-refractivity contribution in [1.29, 1.82) is 0 Å². The van der Waals surface area contributed by atoms with Crippen LogP contribution in [0.5, 0.6) is 0 Å². The number of hydrogen-bond acceptors (Lipinski definition) is 1. The van der Waals surface area contributed by atoms with Gasteiger partial charge in [-0.25, -0.2) is 0 Å². The fourth-order valence-electron chi connectivity index (χ4n) is 4.35. The molecule has 0 radical (unpaired) electrons. The van der Waals surface area contributed by atoms with Gasteiger partial charge in [-0.2, -0.15) is 13.2 Å². The van der Waals surface area contributed by atoms with Gasteiger partial charge in [-0.15, -0.1) is 0 Å². The normalized spacial score (nSPS) is 33.5. The zero-order chi connectivity index (χ0) is 15.1. The number of aliphatic hydroxyl groups excluding tert-OH is 1. The third kappa shape index (κ3) is 2.70. The van der Waals surface area contributed by atoms with E-state index in [1.54, 1.807) is 12.1 Å². The molecule has 4 heteroatoms. The maximum absolute atomic E-state index is 13.2. The lowest BCUT2D eigenvalue weighted by Gasteiger charge is -2.38. The highest BCUT2D eigenvalue weighted by atomic mass is 19.4. The number of hydrogen-bond donors (Lipinski definition) is 1. The second-order valence-electron chi connectivity index (χ2n) is 6.65. The summed E-state index contributed by atoms with van der Waals surface area (Å²) in [6.45, 7) is 0. The first-order valence-corrected chi connectivity index (χ1v) is 7.77. The summed E-state index contributed by atoms with van der Waals surface area (Å²) >= 11 is 0. The minimum Gasteiger partial charge on any atom is -0.393 e. The zero-order valence-corrected chi connectivity index (χ0v) is 12.0. The van der Waals surface area contributed by atoms with E-state index in [9.17, 15) is 18.3 Å². The van der Waals surface area contributed by atoms with Gasteiger partial charge < -0.3 is 5.11 Å². The smallest absolute Gasteiger partial charge is 0.393 e. The number of alkyl halides is 3. The Morgan fingerprint density at radius 1 is 1.05 bits per heavy atom. The molecule has 2 saturated carbocycles. The van der Waals surface area contributed by atoms with Gasteiger partial charge in [-0.1, -0.05) is 31.0 Å². The number of halogens is 3. The van der Waals surface area contributed by atoms with Crippen molar-refractivity contribution in [3.05, 3.63) is 35.4 Å². The highest BCUT2D eigenvalue weighted by Crippen LogP contribution is 2.55. The first-order valence-electron chi connectivity index (χ1n) is 7.77. The monoisotopic (exact) mass is 298 g/mol. The Labute approximate surface area is 123 Å². The van der Waals surface area contributed by atoms with E-state index in [0.717, 1.165) is 38.5 Å². The second kappa shape index (κ2) is 5.31. The summed E-state index contributed by atoms with van der Waals surface area (Å²) in [7, 11) is 0. The van der Waals surface area contributed by atoms with Crippen LogP contribution in [0.2, 0.25) is 0 Å². The van der Waals surface area contributed by atoms with Crippen LogP contribution in [0.1, 0.15) is 62.0 Å². The van der Waals surface area contributed by atoms with Crippen LogP contribution in [0.25, 0.3) is 0 Å². The third-order valence-corrected chi connectivity index (χ3v) is 5.46. The van der Waals surface area contributed by atoms with Crippen molar-refractivity contribution in [3.8, 4) is 0 Å². The Kier molecular flexibility index (Phi) is 3.76. The summed E-state index contributed by atoms with van der Waals surface area (Å²) in [5, 5.41) is 10.3. The summed E-state index contributed by atoms with van der Waals surface area (Å²) in [6.07, 6.45) is 1.55. The molecule has 116 valence electrons. The van der Waals surface area contributed by atoms with Gasteiger partial charge in [0.15, 0.2) is 0 Å². The molecule has 0 saturated heterocycles. The Balaban J connectivity index is 1.87. The van der Waals surface area contributed by atoms with E-state index in [2.05, 4.69) is 0 Å². The molecule has 1 nitrogen and oxygen atoms in total. The molecule has 2 aliphatic carbocycles. The Morgan fingerprint density at radius 3 is 2.52 bits per heavy atom. The Hall–Kier alpha value is -1.03. The van der Waals surface area contributed by atoms with E-state index >= 15 is 0 Å². The molecule has 1 aromatic rings. The zero-order valence-electron chi connectivity index (χ0n) is 12.0. The molecule has 0 bridgehead atoms. The summed E-state index contributed by atoms with van der Waals surface area (Å²) < 4.78 is 39.5. The molecule has 1 aromatic carbocycles. The van der Waals surface area contributed by atoms with Gasteiger partial charge in [-0.3, -0.25) is 0 Å². The van der Waals surface area contributed by atoms with Crippen molar-refractivity contribution >= 4 is 0 Å². The lowest BCUT2D eigenvalue weighted by Crippen LogP contribution is -2.35. The maximum Gasteiger partial charge on any atom is 0.416 e. The second-order valence-corrected chi connectivity index (χ2v) is 6.65.